The van der Waals surface area contributed by atoms with Crippen LogP contribution in [0.2, 0.25) is 0 Å². The van der Waals surface area contributed by atoms with Crippen molar-refractivity contribution in [1.82, 2.24) is 0 Å². The molecule has 2 saturated carbocycles. The maximum atomic E-state index is 13.8. The van der Waals surface area contributed by atoms with Gasteiger partial charge in [-0.25, -0.2) is 0 Å². The van der Waals surface area contributed by atoms with Crippen LogP contribution in [0.1, 0.15) is 58.3 Å². The first-order valence-electron chi connectivity index (χ1n) is 8.31. The van der Waals surface area contributed by atoms with Crippen LogP contribution in [-0.2, 0) is 9.53 Å². The first-order valence-corrected chi connectivity index (χ1v) is 8.31. The standard InChI is InChI=1S/C17H23F3O2/c1-2-15(8-4-3-5-9-15)22-14(21)16(17(18,19)20)11-12-6-7-13(16)10-12/h6-7,12-13H,2-5,8-11H2,1H3. The van der Waals surface area contributed by atoms with E-state index in [1.165, 1.54) is 0 Å². The highest BCUT2D eigenvalue weighted by atomic mass is 19.4. The van der Waals surface area contributed by atoms with E-state index >= 15 is 0 Å². The van der Waals surface area contributed by atoms with Crippen molar-refractivity contribution in [1.29, 1.82) is 0 Å². The number of allylic oxidation sites excluding steroid dienone is 2. The normalized spacial score (nSPS) is 36.5. The fraction of sp³-hybridized carbons (Fsp3) is 0.824. The molecule has 3 aliphatic carbocycles. The molecule has 3 aliphatic rings. The summed E-state index contributed by atoms with van der Waals surface area (Å²) in [5, 5.41) is 0. The molecular formula is C17H23F3O2. The van der Waals surface area contributed by atoms with E-state index < -0.39 is 29.1 Å². The number of hydrogen-bond acceptors (Lipinski definition) is 2. The van der Waals surface area contributed by atoms with Gasteiger partial charge in [0.25, 0.3) is 0 Å². The minimum atomic E-state index is -4.54. The molecule has 0 radical (unpaired) electrons. The van der Waals surface area contributed by atoms with Crippen molar-refractivity contribution in [2.24, 2.45) is 17.3 Å². The van der Waals surface area contributed by atoms with Gasteiger partial charge in [-0.1, -0.05) is 25.5 Å². The molecule has 2 nitrogen and oxygen atoms in total. The smallest absolute Gasteiger partial charge is 0.405 e. The van der Waals surface area contributed by atoms with Crippen LogP contribution in [0.4, 0.5) is 13.2 Å². The zero-order chi connectivity index (χ0) is 16.0. The summed E-state index contributed by atoms with van der Waals surface area (Å²) in [5.41, 5.74) is -2.99. The lowest BCUT2D eigenvalue weighted by Crippen LogP contribution is -2.52. The molecule has 124 valence electrons. The molecular weight excluding hydrogens is 293 g/mol. The van der Waals surface area contributed by atoms with Gasteiger partial charge >= 0.3 is 12.1 Å². The molecule has 0 aromatic heterocycles. The van der Waals surface area contributed by atoms with Gasteiger partial charge in [0.2, 0.25) is 0 Å². The van der Waals surface area contributed by atoms with E-state index in [4.69, 9.17) is 4.74 Å². The van der Waals surface area contributed by atoms with Crippen molar-refractivity contribution in [3.63, 3.8) is 0 Å². The van der Waals surface area contributed by atoms with Gasteiger partial charge in [-0.05, 0) is 50.9 Å². The van der Waals surface area contributed by atoms with Gasteiger partial charge in [0.15, 0.2) is 5.41 Å². The van der Waals surface area contributed by atoms with Gasteiger partial charge in [0.05, 0.1) is 0 Å². The maximum absolute atomic E-state index is 13.8. The van der Waals surface area contributed by atoms with E-state index in [-0.39, 0.29) is 12.3 Å². The second-order valence-electron chi connectivity index (χ2n) is 7.15. The summed E-state index contributed by atoms with van der Waals surface area (Å²) in [6.07, 6.45) is 4.01. The van der Waals surface area contributed by atoms with E-state index in [9.17, 15) is 18.0 Å². The Morgan fingerprint density at radius 2 is 1.91 bits per heavy atom. The highest BCUT2D eigenvalue weighted by molar-refractivity contribution is 5.80. The fourth-order valence-corrected chi connectivity index (χ4v) is 4.54. The summed E-state index contributed by atoms with van der Waals surface area (Å²) in [5.74, 6) is -1.91. The number of esters is 1. The Bertz CT molecular complexity index is 477. The molecule has 0 aromatic rings. The van der Waals surface area contributed by atoms with Gasteiger partial charge in [-0.3, -0.25) is 4.79 Å². The molecule has 22 heavy (non-hydrogen) atoms. The van der Waals surface area contributed by atoms with E-state index in [2.05, 4.69) is 0 Å². The van der Waals surface area contributed by atoms with Gasteiger partial charge in [0.1, 0.15) is 5.60 Å². The predicted molar refractivity (Wildman–Crippen MR) is 76.0 cm³/mol. The monoisotopic (exact) mass is 316 g/mol. The van der Waals surface area contributed by atoms with E-state index in [1.54, 1.807) is 6.08 Å². The van der Waals surface area contributed by atoms with Crippen molar-refractivity contribution in [3.8, 4) is 0 Å². The maximum Gasteiger partial charge on any atom is 0.405 e. The Labute approximate surface area is 129 Å². The summed E-state index contributed by atoms with van der Waals surface area (Å²) in [7, 11) is 0. The molecule has 0 spiro atoms. The van der Waals surface area contributed by atoms with Crippen LogP contribution >= 0.6 is 0 Å². The minimum Gasteiger partial charge on any atom is -0.458 e. The third-order valence-electron chi connectivity index (χ3n) is 5.98. The topological polar surface area (TPSA) is 26.3 Å². The minimum absolute atomic E-state index is 0.136. The van der Waals surface area contributed by atoms with Crippen LogP contribution in [0.5, 0.6) is 0 Å². The van der Waals surface area contributed by atoms with Crippen molar-refractivity contribution in [2.75, 3.05) is 0 Å². The molecule has 3 unspecified atom stereocenters. The summed E-state index contributed by atoms with van der Waals surface area (Å²) >= 11 is 0. The lowest BCUT2D eigenvalue weighted by molar-refractivity contribution is -0.250. The Morgan fingerprint density at radius 3 is 2.36 bits per heavy atom. The van der Waals surface area contributed by atoms with Crippen LogP contribution in [0.3, 0.4) is 0 Å². The highest BCUT2D eigenvalue weighted by Crippen LogP contribution is 2.61. The van der Waals surface area contributed by atoms with Crippen LogP contribution in [0.15, 0.2) is 12.2 Å². The molecule has 0 saturated heterocycles. The van der Waals surface area contributed by atoms with E-state index in [1.807, 2.05) is 13.0 Å². The summed E-state index contributed by atoms with van der Waals surface area (Å²) < 4.78 is 46.9. The molecule has 3 rings (SSSR count). The SMILES string of the molecule is CCC1(OC(=O)C2(C(F)(F)F)CC3C=CC2C3)CCCCC1. The molecule has 3 atom stereocenters. The number of fused-ring (bicyclic) bond motifs is 2. The highest BCUT2D eigenvalue weighted by Gasteiger charge is 2.70. The van der Waals surface area contributed by atoms with Crippen molar-refractivity contribution < 1.29 is 22.7 Å². The second kappa shape index (κ2) is 5.27. The number of carbonyl (C=O) groups is 1. The molecule has 0 aliphatic heterocycles. The Kier molecular flexibility index (Phi) is 3.81. The second-order valence-corrected chi connectivity index (χ2v) is 7.15. The van der Waals surface area contributed by atoms with Crippen molar-refractivity contribution in [3.05, 3.63) is 12.2 Å². The van der Waals surface area contributed by atoms with Gasteiger partial charge in [-0.15, -0.1) is 0 Å². The number of ether oxygens (including phenoxy) is 1. The average Bonchev–Trinajstić information content (AvgIpc) is 3.08. The number of carbonyl (C=O) groups excluding carboxylic acids is 1. The fourth-order valence-electron chi connectivity index (χ4n) is 4.54. The zero-order valence-corrected chi connectivity index (χ0v) is 12.9. The lowest BCUT2D eigenvalue weighted by atomic mass is 9.74. The molecule has 5 heteroatoms. The number of alkyl halides is 3. The Morgan fingerprint density at radius 1 is 1.23 bits per heavy atom. The van der Waals surface area contributed by atoms with Crippen LogP contribution in [0, 0.1) is 17.3 Å². The summed E-state index contributed by atoms with van der Waals surface area (Å²) in [6.45, 7) is 1.90. The molecule has 2 fully saturated rings. The van der Waals surface area contributed by atoms with Gasteiger partial charge in [-0.2, -0.15) is 13.2 Å². The molecule has 0 heterocycles. The third-order valence-corrected chi connectivity index (χ3v) is 5.98. The van der Waals surface area contributed by atoms with Crippen LogP contribution in [0.25, 0.3) is 0 Å². The largest absolute Gasteiger partial charge is 0.458 e. The van der Waals surface area contributed by atoms with Gasteiger partial charge < -0.3 is 4.74 Å². The Balaban J connectivity index is 1.86. The molecule has 2 bridgehead atoms. The first kappa shape index (κ1) is 15.9. The van der Waals surface area contributed by atoms with E-state index in [0.717, 1.165) is 19.3 Å². The summed E-state index contributed by atoms with van der Waals surface area (Å²) in [4.78, 5) is 12.7. The van der Waals surface area contributed by atoms with E-state index in [0.29, 0.717) is 25.7 Å². The number of halogens is 3. The van der Waals surface area contributed by atoms with Crippen LogP contribution in [-0.4, -0.2) is 17.7 Å². The predicted octanol–water partition coefficient (Wildman–Crippen LogP) is 4.79. The Hall–Kier alpha value is -1.00. The van der Waals surface area contributed by atoms with Crippen molar-refractivity contribution >= 4 is 5.97 Å². The number of rotatable bonds is 3. The average molecular weight is 316 g/mol. The molecule has 0 aromatic carbocycles. The first-order chi connectivity index (χ1) is 10.3. The third kappa shape index (κ3) is 2.28. The zero-order valence-electron chi connectivity index (χ0n) is 12.9. The number of hydrogen-bond donors (Lipinski definition) is 0. The van der Waals surface area contributed by atoms with Crippen LogP contribution < -0.4 is 0 Å². The van der Waals surface area contributed by atoms with Gasteiger partial charge in [0, 0.05) is 5.92 Å². The quantitative estimate of drug-likeness (QED) is 0.553. The lowest BCUT2D eigenvalue weighted by Gasteiger charge is -2.41. The van der Waals surface area contributed by atoms with Crippen molar-refractivity contribution in [2.45, 2.75) is 70.1 Å². The molecule has 0 N–H and O–H groups in total. The molecule has 0 amide bonds. The summed E-state index contributed by atoms with van der Waals surface area (Å²) in [6, 6.07) is 0.